The van der Waals surface area contributed by atoms with Gasteiger partial charge in [-0.15, -0.1) is 11.3 Å². The Morgan fingerprint density at radius 2 is 1.54 bits per heavy atom. The van der Waals surface area contributed by atoms with Crippen LogP contribution in [0.5, 0.6) is 0 Å². The Bertz CT molecular complexity index is 1070. The molecule has 0 bridgehead atoms. The fraction of sp³-hybridized carbons (Fsp3) is 0. The van der Waals surface area contributed by atoms with Crippen LogP contribution in [-0.2, 0) is 4.79 Å². The van der Waals surface area contributed by atoms with Crippen molar-refractivity contribution in [2.75, 3.05) is 0 Å². The number of carboxylic acids is 2. The molecule has 1 heterocycles. The van der Waals surface area contributed by atoms with Crippen LogP contribution >= 0.6 is 11.3 Å². The maximum absolute atomic E-state index is 12.2. The van der Waals surface area contributed by atoms with Crippen LogP contribution in [0.1, 0.15) is 25.6 Å². The molecule has 0 atom stereocenters. The summed E-state index contributed by atoms with van der Waals surface area (Å²) in [4.78, 5) is 36.4. The first-order valence-corrected chi connectivity index (χ1v) is 9.01. The van der Waals surface area contributed by atoms with Gasteiger partial charge in [0.25, 0.3) is 5.91 Å². The molecule has 0 radical (unpaired) electrons. The van der Waals surface area contributed by atoms with E-state index in [1.807, 2.05) is 0 Å². The molecule has 140 valence electrons. The summed E-state index contributed by atoms with van der Waals surface area (Å²) in [5.74, 6) is -2.84. The van der Waals surface area contributed by atoms with Crippen LogP contribution in [0.3, 0.4) is 0 Å². The van der Waals surface area contributed by atoms with Crippen molar-refractivity contribution in [1.29, 1.82) is 0 Å². The van der Waals surface area contributed by atoms with Gasteiger partial charge in [0, 0.05) is 20.9 Å². The molecule has 7 heteroatoms. The first-order chi connectivity index (χ1) is 13.5. The van der Waals surface area contributed by atoms with Gasteiger partial charge >= 0.3 is 11.9 Å². The highest BCUT2D eigenvalue weighted by molar-refractivity contribution is 7.16. The Kier molecular flexibility index (Phi) is 5.67. The number of amides is 1. The van der Waals surface area contributed by atoms with Gasteiger partial charge in [-0.05, 0) is 36.4 Å². The van der Waals surface area contributed by atoms with Crippen molar-refractivity contribution in [3.63, 3.8) is 0 Å². The van der Waals surface area contributed by atoms with E-state index < -0.39 is 17.8 Å². The Morgan fingerprint density at radius 3 is 2.21 bits per heavy atom. The maximum Gasteiger partial charge on any atom is 0.352 e. The molecular formula is C21H15NO5S. The van der Waals surface area contributed by atoms with Crippen LogP contribution in [0.2, 0.25) is 0 Å². The molecule has 2 aromatic carbocycles. The molecule has 6 nitrogen and oxygen atoms in total. The van der Waals surface area contributed by atoms with E-state index in [1.54, 1.807) is 60.7 Å². The van der Waals surface area contributed by atoms with Gasteiger partial charge in [-0.25, -0.2) is 9.59 Å². The molecule has 1 aromatic heterocycles. The van der Waals surface area contributed by atoms with Gasteiger partial charge < -0.3 is 15.5 Å². The van der Waals surface area contributed by atoms with Gasteiger partial charge in [0.2, 0.25) is 0 Å². The van der Waals surface area contributed by atoms with Crippen molar-refractivity contribution in [2.45, 2.75) is 0 Å². The molecule has 0 saturated carbocycles. The predicted molar refractivity (Wildman–Crippen MR) is 106 cm³/mol. The van der Waals surface area contributed by atoms with Gasteiger partial charge in [0.15, 0.2) is 0 Å². The van der Waals surface area contributed by atoms with Crippen molar-refractivity contribution in [3.05, 3.63) is 88.4 Å². The second kappa shape index (κ2) is 8.32. The Morgan fingerprint density at radius 1 is 0.857 bits per heavy atom. The third-order valence-corrected chi connectivity index (χ3v) is 4.92. The number of carboxylic acid groups (broad SMARTS) is 2. The van der Waals surface area contributed by atoms with Gasteiger partial charge in [-0.2, -0.15) is 0 Å². The largest absolute Gasteiger partial charge is 0.478 e. The number of rotatable bonds is 6. The zero-order valence-corrected chi connectivity index (χ0v) is 15.3. The first kappa shape index (κ1) is 19.1. The molecular weight excluding hydrogens is 378 g/mol. The highest BCUT2D eigenvalue weighted by atomic mass is 32.1. The molecule has 0 saturated heterocycles. The van der Waals surface area contributed by atoms with E-state index in [9.17, 15) is 24.6 Å². The quantitative estimate of drug-likeness (QED) is 0.550. The number of carbonyl (C=O) groups is 3. The Balaban J connectivity index is 1.88. The molecule has 0 aliphatic rings. The monoisotopic (exact) mass is 393 g/mol. The summed E-state index contributed by atoms with van der Waals surface area (Å²) >= 11 is 1.23. The van der Waals surface area contributed by atoms with Gasteiger partial charge in [0.05, 0.1) is 5.56 Å². The van der Waals surface area contributed by atoms with Gasteiger partial charge in [-0.1, -0.05) is 36.4 Å². The molecule has 0 fully saturated rings. The fourth-order valence-corrected chi connectivity index (χ4v) is 3.53. The summed E-state index contributed by atoms with van der Waals surface area (Å²) in [7, 11) is 0. The summed E-state index contributed by atoms with van der Waals surface area (Å²) in [6.07, 6.45) is 1.35. The summed E-state index contributed by atoms with van der Waals surface area (Å²) in [6.45, 7) is 0. The van der Waals surface area contributed by atoms with E-state index in [0.717, 1.165) is 0 Å². The highest BCUT2D eigenvalue weighted by Crippen LogP contribution is 2.31. The molecule has 3 N–H and O–H groups in total. The SMILES string of the molecule is O=C(O)/C(=C/c1ccc(-c2ccccc2C(=O)O)s1)NC(=O)c1ccccc1. The van der Waals surface area contributed by atoms with E-state index in [-0.39, 0.29) is 11.3 Å². The number of nitrogens with one attached hydrogen (secondary N) is 1. The number of hydrogen-bond donors (Lipinski definition) is 3. The number of hydrogen-bond acceptors (Lipinski definition) is 4. The topological polar surface area (TPSA) is 104 Å². The summed E-state index contributed by atoms with van der Waals surface area (Å²) in [5, 5.41) is 21.1. The lowest BCUT2D eigenvalue weighted by atomic mass is 10.1. The Labute approximate surface area is 164 Å². The van der Waals surface area contributed by atoms with Crippen molar-refractivity contribution in [2.24, 2.45) is 0 Å². The number of carbonyl (C=O) groups excluding carboxylic acids is 1. The molecule has 1 amide bonds. The van der Waals surface area contributed by atoms with Crippen LogP contribution in [-0.4, -0.2) is 28.1 Å². The minimum atomic E-state index is -1.27. The summed E-state index contributed by atoms with van der Waals surface area (Å²) in [5.41, 5.74) is 0.784. The lowest BCUT2D eigenvalue weighted by Crippen LogP contribution is -2.27. The molecule has 3 rings (SSSR count). The van der Waals surface area contributed by atoms with Crippen LogP contribution in [0.15, 0.2) is 72.4 Å². The molecule has 0 aliphatic heterocycles. The average Bonchev–Trinajstić information content (AvgIpc) is 3.16. The first-order valence-electron chi connectivity index (χ1n) is 8.19. The third-order valence-electron chi connectivity index (χ3n) is 3.85. The van der Waals surface area contributed by atoms with E-state index in [0.29, 0.717) is 20.9 Å². The number of thiophene rings is 1. The number of aromatic carboxylic acids is 1. The molecule has 3 aromatic rings. The standard InChI is InChI=1S/C21H15NO5S/c23-19(13-6-2-1-3-7-13)22-17(21(26)27)12-14-10-11-18(28-14)15-8-4-5-9-16(15)20(24)25/h1-12H,(H,22,23)(H,24,25)(H,26,27)/b17-12-. The average molecular weight is 393 g/mol. The zero-order chi connectivity index (χ0) is 20.1. The van der Waals surface area contributed by atoms with E-state index >= 15 is 0 Å². The minimum Gasteiger partial charge on any atom is -0.478 e. The highest BCUT2D eigenvalue weighted by Gasteiger charge is 2.15. The minimum absolute atomic E-state index is 0.163. The van der Waals surface area contributed by atoms with E-state index in [1.165, 1.54) is 23.5 Å². The third kappa shape index (κ3) is 4.33. The normalized spacial score (nSPS) is 11.1. The number of aliphatic carboxylic acids is 1. The van der Waals surface area contributed by atoms with Crippen molar-refractivity contribution >= 4 is 35.3 Å². The van der Waals surface area contributed by atoms with E-state index in [2.05, 4.69) is 5.32 Å². The summed E-state index contributed by atoms with van der Waals surface area (Å²) < 4.78 is 0. The molecule has 0 unspecified atom stereocenters. The van der Waals surface area contributed by atoms with Crippen LogP contribution < -0.4 is 5.32 Å². The smallest absolute Gasteiger partial charge is 0.352 e. The maximum atomic E-state index is 12.2. The second-order valence-corrected chi connectivity index (χ2v) is 6.85. The van der Waals surface area contributed by atoms with Crippen molar-refractivity contribution < 1.29 is 24.6 Å². The van der Waals surface area contributed by atoms with Crippen LogP contribution in [0, 0.1) is 0 Å². The lowest BCUT2D eigenvalue weighted by Gasteiger charge is -2.05. The molecule has 0 spiro atoms. The molecule has 0 aliphatic carbocycles. The molecule has 28 heavy (non-hydrogen) atoms. The lowest BCUT2D eigenvalue weighted by molar-refractivity contribution is -0.132. The fourth-order valence-electron chi connectivity index (χ4n) is 2.54. The van der Waals surface area contributed by atoms with Gasteiger partial charge in [-0.3, -0.25) is 4.79 Å². The van der Waals surface area contributed by atoms with Gasteiger partial charge in [0.1, 0.15) is 5.70 Å². The van der Waals surface area contributed by atoms with Crippen LogP contribution in [0.25, 0.3) is 16.5 Å². The zero-order valence-electron chi connectivity index (χ0n) is 14.5. The van der Waals surface area contributed by atoms with Crippen molar-refractivity contribution in [1.82, 2.24) is 5.32 Å². The number of benzene rings is 2. The Hall–Kier alpha value is -3.71. The predicted octanol–water partition coefficient (Wildman–Crippen LogP) is 3.97. The summed E-state index contributed by atoms with van der Waals surface area (Å²) in [6, 6.07) is 18.3. The van der Waals surface area contributed by atoms with Crippen molar-refractivity contribution in [3.8, 4) is 10.4 Å². The van der Waals surface area contributed by atoms with E-state index in [4.69, 9.17) is 0 Å². The second-order valence-electron chi connectivity index (χ2n) is 5.74. The van der Waals surface area contributed by atoms with Crippen LogP contribution in [0.4, 0.5) is 0 Å².